The van der Waals surface area contributed by atoms with E-state index in [-0.39, 0.29) is 18.1 Å². The molecule has 2 aliphatic rings. The van der Waals surface area contributed by atoms with Gasteiger partial charge in [0.25, 0.3) is 0 Å². The van der Waals surface area contributed by atoms with Gasteiger partial charge in [-0.2, -0.15) is 0 Å². The molecule has 0 bridgehead atoms. The number of aliphatic hydroxyl groups is 1. The van der Waals surface area contributed by atoms with Crippen molar-refractivity contribution in [2.45, 2.75) is 65.1 Å². The van der Waals surface area contributed by atoms with E-state index in [2.05, 4.69) is 16.7 Å². The first-order valence-electron chi connectivity index (χ1n) is 10.6. The minimum Gasteiger partial charge on any atom is -0.462 e. The summed E-state index contributed by atoms with van der Waals surface area (Å²) in [4.78, 5) is 28.3. The van der Waals surface area contributed by atoms with Crippen molar-refractivity contribution in [2.75, 3.05) is 31.1 Å². The Balaban J connectivity index is 1.78. The molecule has 0 unspecified atom stereocenters. The number of piperidine rings is 1. The maximum Gasteiger partial charge on any atom is 0.348 e. The highest BCUT2D eigenvalue weighted by atomic mass is 32.1. The van der Waals surface area contributed by atoms with Crippen molar-refractivity contribution in [3.05, 3.63) is 16.3 Å². The van der Waals surface area contributed by atoms with E-state index in [9.17, 15) is 9.90 Å². The van der Waals surface area contributed by atoms with Gasteiger partial charge in [0.15, 0.2) is 0 Å². The number of rotatable bonds is 5. The van der Waals surface area contributed by atoms with Crippen LogP contribution in [-0.4, -0.2) is 64.3 Å². The molecular formula is C21H30N4O3S. The molecule has 0 aliphatic carbocycles. The lowest BCUT2D eigenvalue weighted by Crippen LogP contribution is -2.31. The smallest absolute Gasteiger partial charge is 0.348 e. The highest BCUT2D eigenvalue weighted by Gasteiger charge is 2.32. The molecule has 158 valence electrons. The van der Waals surface area contributed by atoms with Gasteiger partial charge in [-0.25, -0.2) is 14.8 Å². The maximum atomic E-state index is 12.5. The first-order valence-corrected chi connectivity index (χ1v) is 11.4. The highest BCUT2D eigenvalue weighted by Crippen LogP contribution is 2.38. The van der Waals surface area contributed by atoms with Gasteiger partial charge in [0.2, 0.25) is 0 Å². The summed E-state index contributed by atoms with van der Waals surface area (Å²) in [7, 11) is 0. The van der Waals surface area contributed by atoms with Crippen LogP contribution in [0.3, 0.4) is 0 Å². The van der Waals surface area contributed by atoms with Crippen LogP contribution in [0.2, 0.25) is 0 Å². The number of β-amino-alcohol motifs (C(OH)–C–C–N with tert-alkyl or cyclic N) is 1. The molecule has 8 heteroatoms. The summed E-state index contributed by atoms with van der Waals surface area (Å²) in [5.74, 6) is 1.33. The number of hydrogen-bond acceptors (Lipinski definition) is 8. The molecule has 0 saturated carbocycles. The molecule has 0 aromatic carbocycles. The minimum absolute atomic E-state index is 0.191. The zero-order valence-corrected chi connectivity index (χ0v) is 18.3. The van der Waals surface area contributed by atoms with Crippen molar-refractivity contribution < 1.29 is 14.6 Å². The number of ether oxygens (including phenoxy) is 1. The Hall–Kier alpha value is -1.77. The number of nitrogens with zero attached hydrogens (tertiary/aromatic N) is 4. The lowest BCUT2D eigenvalue weighted by Gasteiger charge is -2.27. The number of aryl methyl sites for hydroxylation is 1. The molecule has 0 amide bonds. The Morgan fingerprint density at radius 2 is 2.03 bits per heavy atom. The first kappa shape index (κ1) is 20.5. The van der Waals surface area contributed by atoms with E-state index in [1.807, 2.05) is 13.8 Å². The number of esters is 1. The SMILES string of the molecule is CCOC(=O)c1sc2nc(CN3CCCCC3)nc(N3C[C@H](O)C[C@H]3C)c2c1C. The van der Waals surface area contributed by atoms with Gasteiger partial charge in [0, 0.05) is 12.6 Å². The molecule has 2 fully saturated rings. The molecule has 2 aliphatic heterocycles. The monoisotopic (exact) mass is 418 g/mol. The highest BCUT2D eigenvalue weighted by molar-refractivity contribution is 7.20. The lowest BCUT2D eigenvalue weighted by atomic mass is 10.1. The molecule has 4 rings (SSSR count). The van der Waals surface area contributed by atoms with Crippen LogP contribution in [0, 0.1) is 6.92 Å². The molecule has 1 N–H and O–H groups in total. The third kappa shape index (κ3) is 4.11. The number of carbonyl (C=O) groups is 1. The Bertz CT molecular complexity index is 894. The van der Waals surface area contributed by atoms with Gasteiger partial charge >= 0.3 is 5.97 Å². The second kappa shape index (κ2) is 8.53. The molecule has 4 heterocycles. The van der Waals surface area contributed by atoms with Crippen LogP contribution in [-0.2, 0) is 11.3 Å². The second-order valence-electron chi connectivity index (χ2n) is 8.15. The molecule has 2 aromatic rings. The molecule has 2 atom stereocenters. The number of thiophene rings is 1. The van der Waals surface area contributed by atoms with Gasteiger partial charge in [-0.3, -0.25) is 4.90 Å². The van der Waals surface area contributed by atoms with E-state index in [1.54, 1.807) is 0 Å². The van der Waals surface area contributed by atoms with E-state index in [0.717, 1.165) is 53.5 Å². The Labute approximate surface area is 175 Å². The normalized spacial score (nSPS) is 23.1. The molecular weight excluding hydrogens is 388 g/mol. The van der Waals surface area contributed by atoms with E-state index in [0.29, 0.717) is 18.0 Å². The van der Waals surface area contributed by atoms with Gasteiger partial charge in [-0.1, -0.05) is 6.42 Å². The van der Waals surface area contributed by atoms with Crippen LogP contribution >= 0.6 is 11.3 Å². The number of likely N-dealkylation sites (tertiary alicyclic amines) is 1. The molecule has 0 radical (unpaired) electrons. The standard InChI is InChI=1S/C21H30N4O3S/c1-4-28-21(27)18-14(3)17-19(25-11-15(26)10-13(25)2)22-16(23-20(17)29-18)12-24-8-6-5-7-9-24/h13,15,26H,4-12H2,1-3H3/t13-,15-/m1/s1. The van der Waals surface area contributed by atoms with Crippen LogP contribution < -0.4 is 4.90 Å². The summed E-state index contributed by atoms with van der Waals surface area (Å²) in [5.41, 5.74) is 0.872. The summed E-state index contributed by atoms with van der Waals surface area (Å²) in [6.45, 7) is 9.65. The van der Waals surface area contributed by atoms with E-state index in [4.69, 9.17) is 14.7 Å². The Kier molecular flexibility index (Phi) is 6.03. The van der Waals surface area contributed by atoms with Gasteiger partial charge in [0.05, 0.1) is 24.6 Å². The van der Waals surface area contributed by atoms with E-state index < -0.39 is 0 Å². The summed E-state index contributed by atoms with van der Waals surface area (Å²) in [5, 5.41) is 11.1. The Morgan fingerprint density at radius 1 is 1.28 bits per heavy atom. The summed E-state index contributed by atoms with van der Waals surface area (Å²) in [6, 6.07) is 0.191. The molecule has 0 spiro atoms. The average molecular weight is 419 g/mol. The minimum atomic E-state index is -0.357. The molecule has 2 saturated heterocycles. The largest absolute Gasteiger partial charge is 0.462 e. The van der Waals surface area contributed by atoms with Crippen LogP contribution in [0.25, 0.3) is 10.2 Å². The van der Waals surface area contributed by atoms with Crippen molar-refractivity contribution in [1.29, 1.82) is 0 Å². The molecule has 29 heavy (non-hydrogen) atoms. The van der Waals surface area contributed by atoms with Crippen molar-refractivity contribution in [1.82, 2.24) is 14.9 Å². The Morgan fingerprint density at radius 3 is 2.69 bits per heavy atom. The number of fused-ring (bicyclic) bond motifs is 1. The fourth-order valence-corrected chi connectivity index (χ4v) is 5.53. The van der Waals surface area contributed by atoms with Gasteiger partial charge in [0.1, 0.15) is 21.3 Å². The lowest BCUT2D eigenvalue weighted by molar-refractivity contribution is 0.0531. The van der Waals surface area contributed by atoms with E-state index in [1.165, 1.54) is 30.6 Å². The third-order valence-corrected chi connectivity index (χ3v) is 7.08. The molecule has 2 aromatic heterocycles. The maximum absolute atomic E-state index is 12.5. The van der Waals surface area contributed by atoms with Crippen molar-refractivity contribution in [3.8, 4) is 0 Å². The number of aromatic nitrogens is 2. The van der Waals surface area contributed by atoms with Crippen LogP contribution in [0.5, 0.6) is 0 Å². The number of aliphatic hydroxyl groups excluding tert-OH is 1. The third-order valence-electron chi connectivity index (χ3n) is 5.92. The molecule has 7 nitrogen and oxygen atoms in total. The number of anilines is 1. The first-order chi connectivity index (χ1) is 14.0. The summed E-state index contributed by atoms with van der Waals surface area (Å²) in [6.07, 6.45) is 4.09. The zero-order valence-electron chi connectivity index (χ0n) is 17.5. The number of hydrogen-bond donors (Lipinski definition) is 1. The second-order valence-corrected chi connectivity index (χ2v) is 9.15. The average Bonchev–Trinajstić information content (AvgIpc) is 3.21. The fourth-order valence-electron chi connectivity index (χ4n) is 4.45. The van der Waals surface area contributed by atoms with Crippen LogP contribution in [0.1, 0.15) is 60.6 Å². The summed E-state index contributed by atoms with van der Waals surface area (Å²) < 4.78 is 5.26. The van der Waals surface area contributed by atoms with Crippen molar-refractivity contribution >= 4 is 33.3 Å². The zero-order chi connectivity index (χ0) is 20.5. The predicted octanol–water partition coefficient (Wildman–Crippen LogP) is 3.12. The quantitative estimate of drug-likeness (QED) is 0.748. The summed E-state index contributed by atoms with van der Waals surface area (Å²) >= 11 is 1.39. The predicted molar refractivity (Wildman–Crippen MR) is 115 cm³/mol. The fraction of sp³-hybridized carbons (Fsp3) is 0.667. The van der Waals surface area contributed by atoms with Crippen LogP contribution in [0.15, 0.2) is 0 Å². The van der Waals surface area contributed by atoms with Gasteiger partial charge in [-0.05, 0) is 58.7 Å². The van der Waals surface area contributed by atoms with E-state index >= 15 is 0 Å². The number of carbonyl (C=O) groups excluding carboxylic acids is 1. The van der Waals surface area contributed by atoms with Gasteiger partial charge < -0.3 is 14.7 Å². The topological polar surface area (TPSA) is 78.8 Å². The van der Waals surface area contributed by atoms with Crippen LogP contribution in [0.4, 0.5) is 5.82 Å². The van der Waals surface area contributed by atoms with Crippen molar-refractivity contribution in [2.24, 2.45) is 0 Å². The van der Waals surface area contributed by atoms with Crippen molar-refractivity contribution in [3.63, 3.8) is 0 Å². The van der Waals surface area contributed by atoms with Gasteiger partial charge in [-0.15, -0.1) is 11.3 Å².